The summed E-state index contributed by atoms with van der Waals surface area (Å²) >= 11 is 5.84. The first-order valence-electron chi connectivity index (χ1n) is 6.84. The van der Waals surface area contributed by atoms with Crippen molar-refractivity contribution in [2.45, 2.75) is 39.8 Å². The lowest BCUT2D eigenvalue weighted by atomic mass is 10.1. The smallest absolute Gasteiger partial charge is 0.322 e. The van der Waals surface area contributed by atoms with E-state index >= 15 is 0 Å². The number of hydrogen-bond acceptors (Lipinski definition) is 4. The molecule has 0 aliphatic heterocycles. The van der Waals surface area contributed by atoms with Crippen molar-refractivity contribution in [3.05, 3.63) is 46.7 Å². The van der Waals surface area contributed by atoms with Crippen LogP contribution in [0.1, 0.15) is 32.0 Å². The zero-order valence-corrected chi connectivity index (χ0v) is 13.5. The van der Waals surface area contributed by atoms with E-state index in [-0.39, 0.29) is 5.54 Å². The van der Waals surface area contributed by atoms with Gasteiger partial charge in [-0.3, -0.25) is 0 Å². The average molecular weight is 306 g/mol. The number of rotatable bonds is 4. The van der Waals surface area contributed by atoms with Crippen LogP contribution in [0.15, 0.2) is 30.5 Å². The predicted octanol–water partition coefficient (Wildman–Crippen LogP) is 4.12. The summed E-state index contributed by atoms with van der Waals surface area (Å²) in [4.78, 5) is 8.64. The third-order valence-electron chi connectivity index (χ3n) is 2.89. The Labute approximate surface area is 130 Å². The zero-order chi connectivity index (χ0) is 15.5. The van der Waals surface area contributed by atoms with Crippen molar-refractivity contribution >= 4 is 11.6 Å². The van der Waals surface area contributed by atoms with Crippen molar-refractivity contribution in [1.29, 1.82) is 0 Å². The molecule has 0 spiro atoms. The van der Waals surface area contributed by atoms with Crippen molar-refractivity contribution in [1.82, 2.24) is 15.3 Å². The highest BCUT2D eigenvalue weighted by Gasteiger charge is 2.11. The van der Waals surface area contributed by atoms with Crippen molar-refractivity contribution in [3.8, 4) is 11.8 Å². The molecule has 0 aliphatic rings. The molecule has 0 fully saturated rings. The van der Waals surface area contributed by atoms with Gasteiger partial charge in [-0.15, -0.1) is 0 Å². The number of aromatic nitrogens is 2. The van der Waals surface area contributed by atoms with E-state index in [1.165, 1.54) is 0 Å². The largest absolute Gasteiger partial charge is 0.424 e. The summed E-state index contributed by atoms with van der Waals surface area (Å²) in [5, 5.41) is 4.09. The van der Waals surface area contributed by atoms with Gasteiger partial charge in [0.2, 0.25) is 0 Å². The minimum Gasteiger partial charge on any atom is -0.424 e. The molecule has 2 aromatic rings. The second-order valence-corrected chi connectivity index (χ2v) is 6.36. The Morgan fingerprint density at radius 3 is 2.43 bits per heavy atom. The van der Waals surface area contributed by atoms with Crippen LogP contribution in [-0.4, -0.2) is 15.5 Å². The third-order valence-corrected chi connectivity index (χ3v) is 3.14. The Morgan fingerprint density at radius 2 is 1.86 bits per heavy atom. The molecule has 0 aliphatic carbocycles. The molecule has 21 heavy (non-hydrogen) atoms. The van der Waals surface area contributed by atoms with Crippen molar-refractivity contribution in [3.63, 3.8) is 0 Å². The summed E-state index contributed by atoms with van der Waals surface area (Å²) < 4.78 is 5.61. The Bertz CT molecular complexity index is 606. The van der Waals surface area contributed by atoms with E-state index < -0.39 is 0 Å². The van der Waals surface area contributed by atoms with E-state index in [9.17, 15) is 0 Å². The van der Waals surface area contributed by atoms with Gasteiger partial charge >= 0.3 is 6.01 Å². The van der Waals surface area contributed by atoms with Crippen molar-refractivity contribution in [2.24, 2.45) is 0 Å². The first kappa shape index (κ1) is 15.7. The maximum atomic E-state index is 5.84. The average Bonchev–Trinajstić information content (AvgIpc) is 2.39. The highest BCUT2D eigenvalue weighted by Crippen LogP contribution is 2.21. The molecule has 0 radical (unpaired) electrons. The van der Waals surface area contributed by atoms with Crippen LogP contribution in [0.5, 0.6) is 11.8 Å². The molecule has 2 rings (SSSR count). The van der Waals surface area contributed by atoms with Gasteiger partial charge in [0.15, 0.2) is 0 Å². The van der Waals surface area contributed by atoms with Crippen LogP contribution in [0.3, 0.4) is 0 Å². The first-order valence-corrected chi connectivity index (χ1v) is 7.22. The molecule has 0 amide bonds. The zero-order valence-electron chi connectivity index (χ0n) is 12.8. The Morgan fingerprint density at radius 1 is 1.19 bits per heavy atom. The number of aryl methyl sites for hydroxylation is 1. The molecule has 1 N–H and O–H groups in total. The van der Waals surface area contributed by atoms with Gasteiger partial charge in [0.1, 0.15) is 5.75 Å². The Hall–Kier alpha value is -1.65. The number of halogens is 1. The van der Waals surface area contributed by atoms with Gasteiger partial charge in [-0.1, -0.05) is 11.6 Å². The molecule has 0 unspecified atom stereocenters. The molecule has 0 saturated carbocycles. The minimum absolute atomic E-state index is 0.0604. The number of nitrogens with zero attached hydrogens (tertiary/aromatic N) is 2. The standard InChI is InChI=1S/C16H20ClN3O/c1-11-12(10-19-16(2,3)4)9-18-15(20-11)21-14-7-5-13(17)6-8-14/h5-9,19H,10H2,1-4H3. The molecule has 1 aromatic heterocycles. The number of benzene rings is 1. The van der Waals surface area contributed by atoms with Crippen LogP contribution in [0, 0.1) is 6.92 Å². The lowest BCUT2D eigenvalue weighted by molar-refractivity contribution is 0.418. The molecule has 0 saturated heterocycles. The molecule has 0 bridgehead atoms. The van der Waals surface area contributed by atoms with Crippen LogP contribution < -0.4 is 10.1 Å². The van der Waals surface area contributed by atoms with Gasteiger partial charge in [0.05, 0.1) is 0 Å². The molecule has 0 atom stereocenters. The lowest BCUT2D eigenvalue weighted by Crippen LogP contribution is -2.35. The van der Waals surface area contributed by atoms with Gasteiger partial charge in [0, 0.05) is 34.6 Å². The normalized spacial score (nSPS) is 11.5. The maximum Gasteiger partial charge on any atom is 0.322 e. The van der Waals surface area contributed by atoms with Crippen LogP contribution >= 0.6 is 11.6 Å². The third kappa shape index (κ3) is 4.99. The van der Waals surface area contributed by atoms with Crippen LogP contribution in [0.25, 0.3) is 0 Å². The number of nitrogens with one attached hydrogen (secondary N) is 1. The maximum absolute atomic E-state index is 5.84. The summed E-state index contributed by atoms with van der Waals surface area (Å²) in [5.74, 6) is 0.666. The molecular weight excluding hydrogens is 286 g/mol. The van der Waals surface area contributed by atoms with Gasteiger partial charge in [0.25, 0.3) is 0 Å². The van der Waals surface area contributed by atoms with E-state index in [4.69, 9.17) is 16.3 Å². The van der Waals surface area contributed by atoms with E-state index in [0.29, 0.717) is 16.8 Å². The summed E-state index contributed by atoms with van der Waals surface area (Å²) in [6.07, 6.45) is 1.80. The fraction of sp³-hybridized carbons (Fsp3) is 0.375. The predicted molar refractivity (Wildman–Crippen MR) is 84.9 cm³/mol. The van der Waals surface area contributed by atoms with Gasteiger partial charge in [-0.2, -0.15) is 4.98 Å². The molecule has 1 aromatic carbocycles. The van der Waals surface area contributed by atoms with Crippen LogP contribution in [-0.2, 0) is 6.54 Å². The number of hydrogen-bond donors (Lipinski definition) is 1. The van der Waals surface area contributed by atoms with Gasteiger partial charge in [-0.05, 0) is 52.0 Å². The molecule has 1 heterocycles. The number of ether oxygens (including phenoxy) is 1. The topological polar surface area (TPSA) is 47.0 Å². The van der Waals surface area contributed by atoms with E-state index in [0.717, 1.165) is 17.8 Å². The van der Waals surface area contributed by atoms with Crippen molar-refractivity contribution in [2.75, 3.05) is 0 Å². The summed E-state index contributed by atoms with van der Waals surface area (Å²) in [7, 11) is 0. The van der Waals surface area contributed by atoms with E-state index in [2.05, 4.69) is 36.1 Å². The SMILES string of the molecule is Cc1nc(Oc2ccc(Cl)cc2)ncc1CNC(C)(C)C. The van der Waals surface area contributed by atoms with Crippen LogP contribution in [0.2, 0.25) is 5.02 Å². The fourth-order valence-electron chi connectivity index (χ4n) is 1.66. The van der Waals surface area contributed by atoms with Gasteiger partial charge in [-0.25, -0.2) is 4.98 Å². The minimum atomic E-state index is 0.0604. The summed E-state index contributed by atoms with van der Waals surface area (Å²) in [6.45, 7) is 9.07. The molecule has 4 nitrogen and oxygen atoms in total. The monoisotopic (exact) mass is 305 g/mol. The van der Waals surface area contributed by atoms with Crippen molar-refractivity contribution < 1.29 is 4.74 Å². The highest BCUT2D eigenvalue weighted by atomic mass is 35.5. The van der Waals surface area contributed by atoms with E-state index in [1.807, 2.05) is 6.92 Å². The van der Waals surface area contributed by atoms with Crippen LogP contribution in [0.4, 0.5) is 0 Å². The lowest BCUT2D eigenvalue weighted by Gasteiger charge is -2.20. The summed E-state index contributed by atoms with van der Waals surface area (Å²) in [5.41, 5.74) is 2.03. The quantitative estimate of drug-likeness (QED) is 0.923. The molecular formula is C16H20ClN3O. The Kier molecular flexibility index (Phi) is 4.80. The molecule has 112 valence electrons. The fourth-order valence-corrected chi connectivity index (χ4v) is 1.79. The molecule has 5 heteroatoms. The first-order chi connectivity index (χ1) is 9.83. The second-order valence-electron chi connectivity index (χ2n) is 5.92. The highest BCUT2D eigenvalue weighted by molar-refractivity contribution is 6.30. The Balaban J connectivity index is 2.06. The van der Waals surface area contributed by atoms with Gasteiger partial charge < -0.3 is 10.1 Å². The van der Waals surface area contributed by atoms with E-state index in [1.54, 1.807) is 30.5 Å². The second kappa shape index (κ2) is 6.41. The summed E-state index contributed by atoms with van der Waals surface area (Å²) in [6, 6.07) is 7.46.